The summed E-state index contributed by atoms with van der Waals surface area (Å²) >= 11 is 0. The molecule has 1 unspecified atom stereocenters. The maximum atomic E-state index is 12.4. The molecule has 142 valence electrons. The summed E-state index contributed by atoms with van der Waals surface area (Å²) in [6.45, 7) is 2.42. The van der Waals surface area contributed by atoms with Crippen molar-refractivity contribution >= 4 is 23.5 Å². The van der Waals surface area contributed by atoms with Gasteiger partial charge in [0.05, 0.1) is 25.1 Å². The summed E-state index contributed by atoms with van der Waals surface area (Å²) < 4.78 is 10.6. The van der Waals surface area contributed by atoms with Crippen LogP contribution in [0, 0.1) is 0 Å². The fourth-order valence-electron chi connectivity index (χ4n) is 2.82. The number of ether oxygens (including phenoxy) is 1. The monoisotopic (exact) mass is 371 g/mol. The molecule has 0 spiro atoms. The van der Waals surface area contributed by atoms with Gasteiger partial charge >= 0.3 is 6.03 Å². The smallest absolute Gasteiger partial charge is 0.325 e. The van der Waals surface area contributed by atoms with Crippen molar-refractivity contribution in [3.63, 3.8) is 0 Å². The van der Waals surface area contributed by atoms with Crippen molar-refractivity contribution in [3.8, 4) is 5.75 Å². The van der Waals surface area contributed by atoms with Gasteiger partial charge in [-0.1, -0.05) is 12.1 Å². The Morgan fingerprint density at radius 1 is 1.26 bits per heavy atom. The predicted octanol–water partition coefficient (Wildman–Crippen LogP) is 2.52. The number of furan rings is 1. The van der Waals surface area contributed by atoms with Crippen LogP contribution in [0.25, 0.3) is 0 Å². The van der Waals surface area contributed by atoms with Gasteiger partial charge in [-0.3, -0.25) is 14.5 Å². The Morgan fingerprint density at radius 2 is 2.07 bits per heavy atom. The molecule has 1 aromatic heterocycles. The average Bonchev–Trinajstić information content (AvgIpc) is 3.26. The van der Waals surface area contributed by atoms with E-state index in [0.29, 0.717) is 23.8 Å². The second-order valence-electron chi connectivity index (χ2n) is 6.02. The van der Waals surface area contributed by atoms with Gasteiger partial charge in [-0.15, -0.1) is 0 Å². The number of carbonyl (C=O) groups is 3. The van der Waals surface area contributed by atoms with Crippen LogP contribution in [0.15, 0.2) is 47.1 Å². The Kier molecular flexibility index (Phi) is 5.75. The Morgan fingerprint density at radius 3 is 2.81 bits per heavy atom. The molecule has 1 fully saturated rings. The van der Waals surface area contributed by atoms with Crippen molar-refractivity contribution < 1.29 is 23.5 Å². The molecule has 0 radical (unpaired) electrons. The summed E-state index contributed by atoms with van der Waals surface area (Å²) in [5.74, 6) is 0.486. The molecular weight excluding hydrogens is 350 g/mol. The summed E-state index contributed by atoms with van der Waals surface area (Å²) in [7, 11) is 0. The quantitative estimate of drug-likeness (QED) is 0.695. The third-order valence-corrected chi connectivity index (χ3v) is 4.12. The van der Waals surface area contributed by atoms with E-state index < -0.39 is 12.1 Å². The minimum atomic E-state index is -0.722. The number of carbonyl (C=O) groups excluding carboxylic acids is 3. The number of amides is 4. The fraction of sp³-hybridized carbons (Fsp3) is 0.316. The normalized spacial score (nSPS) is 16.3. The van der Waals surface area contributed by atoms with Crippen LogP contribution in [-0.2, 0) is 16.1 Å². The second-order valence-corrected chi connectivity index (χ2v) is 6.02. The topological polar surface area (TPSA) is 101 Å². The highest BCUT2D eigenvalue weighted by Crippen LogP contribution is 2.24. The van der Waals surface area contributed by atoms with Crippen LogP contribution >= 0.6 is 0 Å². The first-order chi connectivity index (χ1) is 13.1. The Labute approximate surface area is 156 Å². The van der Waals surface area contributed by atoms with Crippen LogP contribution in [0.1, 0.15) is 25.5 Å². The summed E-state index contributed by atoms with van der Waals surface area (Å²) in [5.41, 5.74) is 0.575. The average molecular weight is 371 g/mol. The van der Waals surface area contributed by atoms with Gasteiger partial charge < -0.3 is 19.8 Å². The van der Waals surface area contributed by atoms with Crippen LogP contribution in [-0.4, -0.2) is 35.4 Å². The largest absolute Gasteiger partial charge is 0.492 e. The molecular formula is C19H21N3O5. The minimum Gasteiger partial charge on any atom is -0.492 e. The maximum absolute atomic E-state index is 12.4. The van der Waals surface area contributed by atoms with Crippen molar-refractivity contribution in [2.24, 2.45) is 0 Å². The molecule has 0 bridgehead atoms. The third-order valence-electron chi connectivity index (χ3n) is 4.12. The molecule has 8 nitrogen and oxygen atoms in total. The maximum Gasteiger partial charge on any atom is 0.325 e. The van der Waals surface area contributed by atoms with Crippen LogP contribution in [0.2, 0.25) is 0 Å². The first-order valence-corrected chi connectivity index (χ1v) is 8.74. The molecule has 27 heavy (non-hydrogen) atoms. The van der Waals surface area contributed by atoms with E-state index in [-0.39, 0.29) is 31.2 Å². The highest BCUT2D eigenvalue weighted by molar-refractivity contribution is 6.04. The molecule has 2 aromatic rings. The van der Waals surface area contributed by atoms with E-state index in [4.69, 9.17) is 9.15 Å². The van der Waals surface area contributed by atoms with Gasteiger partial charge in [0.1, 0.15) is 17.6 Å². The van der Waals surface area contributed by atoms with Crippen molar-refractivity contribution in [3.05, 3.63) is 48.4 Å². The zero-order chi connectivity index (χ0) is 19.2. The van der Waals surface area contributed by atoms with Crippen LogP contribution in [0.3, 0.4) is 0 Å². The molecule has 0 saturated carbocycles. The molecule has 8 heteroatoms. The summed E-state index contributed by atoms with van der Waals surface area (Å²) in [6.07, 6.45) is 1.78. The lowest BCUT2D eigenvalue weighted by molar-refractivity contribution is -0.128. The van der Waals surface area contributed by atoms with Gasteiger partial charge in [0.2, 0.25) is 5.91 Å². The Bertz CT molecular complexity index is 819. The van der Waals surface area contributed by atoms with Gasteiger partial charge in [-0.2, -0.15) is 0 Å². The molecule has 2 heterocycles. The molecule has 2 N–H and O–H groups in total. The summed E-state index contributed by atoms with van der Waals surface area (Å²) in [4.78, 5) is 37.7. The lowest BCUT2D eigenvalue weighted by Crippen LogP contribution is -2.31. The number of rotatable bonds is 8. The van der Waals surface area contributed by atoms with Crippen molar-refractivity contribution in [2.45, 2.75) is 32.4 Å². The van der Waals surface area contributed by atoms with Gasteiger partial charge in [0.15, 0.2) is 0 Å². The van der Waals surface area contributed by atoms with Crippen LogP contribution in [0.4, 0.5) is 10.5 Å². The first kappa shape index (κ1) is 18.5. The first-order valence-electron chi connectivity index (χ1n) is 8.74. The molecule has 1 atom stereocenters. The fourth-order valence-corrected chi connectivity index (χ4v) is 2.82. The van der Waals surface area contributed by atoms with Gasteiger partial charge in [-0.25, -0.2) is 4.79 Å². The standard InChI is InChI=1S/C19H21N3O5/c1-2-26-16-8-4-3-7-14(16)20-17(23)10-9-15-18(24)22(19(25)21-15)12-13-6-5-11-27-13/h3-8,11,15H,2,9-10,12H2,1H3,(H,20,23)(H,21,25). The molecule has 1 aliphatic heterocycles. The lowest BCUT2D eigenvalue weighted by Gasteiger charge is -2.12. The van der Waals surface area contributed by atoms with Gasteiger partial charge in [-0.05, 0) is 37.6 Å². The molecule has 0 aliphatic carbocycles. The number of benzene rings is 1. The Balaban J connectivity index is 1.53. The van der Waals surface area contributed by atoms with Crippen LogP contribution in [0.5, 0.6) is 5.75 Å². The molecule has 3 rings (SSSR count). The lowest BCUT2D eigenvalue weighted by atomic mass is 10.1. The van der Waals surface area contributed by atoms with Crippen LogP contribution < -0.4 is 15.4 Å². The Hall–Kier alpha value is -3.29. The van der Waals surface area contributed by atoms with Crippen molar-refractivity contribution in [2.75, 3.05) is 11.9 Å². The number of imide groups is 1. The van der Waals surface area contributed by atoms with E-state index in [1.165, 1.54) is 6.26 Å². The van der Waals surface area contributed by atoms with E-state index in [1.54, 1.807) is 30.3 Å². The number of nitrogens with zero attached hydrogens (tertiary/aromatic N) is 1. The highest BCUT2D eigenvalue weighted by Gasteiger charge is 2.38. The number of hydrogen-bond donors (Lipinski definition) is 2. The molecule has 1 saturated heterocycles. The predicted molar refractivity (Wildman–Crippen MR) is 97.1 cm³/mol. The van der Waals surface area contributed by atoms with E-state index in [9.17, 15) is 14.4 Å². The van der Waals surface area contributed by atoms with Gasteiger partial charge in [0, 0.05) is 6.42 Å². The summed E-state index contributed by atoms with van der Waals surface area (Å²) in [6, 6.07) is 9.31. The SMILES string of the molecule is CCOc1ccccc1NC(=O)CCC1NC(=O)N(Cc2ccco2)C1=O. The van der Waals surface area contributed by atoms with E-state index in [2.05, 4.69) is 10.6 Å². The third kappa shape index (κ3) is 4.46. The number of hydrogen-bond acceptors (Lipinski definition) is 5. The molecule has 1 aromatic carbocycles. The highest BCUT2D eigenvalue weighted by atomic mass is 16.5. The second kappa shape index (κ2) is 8.39. The van der Waals surface area contributed by atoms with E-state index in [0.717, 1.165) is 4.90 Å². The number of anilines is 1. The zero-order valence-electron chi connectivity index (χ0n) is 14.9. The number of urea groups is 1. The van der Waals surface area contributed by atoms with E-state index in [1.807, 2.05) is 13.0 Å². The van der Waals surface area contributed by atoms with Crippen molar-refractivity contribution in [1.82, 2.24) is 10.2 Å². The molecule has 1 aliphatic rings. The number of nitrogens with one attached hydrogen (secondary N) is 2. The molecule has 4 amide bonds. The van der Waals surface area contributed by atoms with Crippen molar-refractivity contribution in [1.29, 1.82) is 0 Å². The van der Waals surface area contributed by atoms with Gasteiger partial charge in [0.25, 0.3) is 5.91 Å². The zero-order valence-corrected chi connectivity index (χ0v) is 14.9. The number of para-hydroxylation sites is 2. The minimum absolute atomic E-state index is 0.0715. The summed E-state index contributed by atoms with van der Waals surface area (Å²) in [5, 5.41) is 5.38. The van der Waals surface area contributed by atoms with E-state index >= 15 is 0 Å².